The van der Waals surface area contributed by atoms with Crippen molar-refractivity contribution in [2.75, 3.05) is 31.5 Å². The van der Waals surface area contributed by atoms with Crippen molar-refractivity contribution in [3.8, 4) is 0 Å². The molecule has 1 saturated heterocycles. The number of hydrogen-bond acceptors (Lipinski definition) is 2. The lowest BCUT2D eigenvalue weighted by Gasteiger charge is -2.26. The van der Waals surface area contributed by atoms with E-state index in [-0.39, 0.29) is 0 Å². The minimum absolute atomic E-state index is 0.519. The van der Waals surface area contributed by atoms with Crippen LogP contribution in [-0.4, -0.2) is 37.0 Å². The van der Waals surface area contributed by atoms with E-state index in [0.717, 1.165) is 18.7 Å². The minimum Gasteiger partial charge on any atom is -0.370 e. The number of nitrogens with two attached hydrogens (primary N) is 1. The van der Waals surface area contributed by atoms with Gasteiger partial charge in [-0.2, -0.15) is 0 Å². The number of guanidine groups is 1. The van der Waals surface area contributed by atoms with Crippen molar-refractivity contribution in [3.63, 3.8) is 0 Å². The molecule has 0 aliphatic carbocycles. The van der Waals surface area contributed by atoms with Crippen molar-refractivity contribution in [2.24, 2.45) is 10.7 Å². The highest BCUT2D eigenvalue weighted by Gasteiger charge is 2.08. The molecular formula is C19H32N4. The maximum atomic E-state index is 5.97. The first-order valence-corrected chi connectivity index (χ1v) is 9.01. The number of unbranched alkanes of at least 4 members (excludes halogenated alkanes) is 2. The van der Waals surface area contributed by atoms with Crippen LogP contribution in [-0.2, 0) is 0 Å². The monoisotopic (exact) mass is 316 g/mol. The molecule has 23 heavy (non-hydrogen) atoms. The fourth-order valence-corrected chi connectivity index (χ4v) is 3.24. The van der Waals surface area contributed by atoms with Crippen LogP contribution < -0.4 is 11.1 Å². The summed E-state index contributed by atoms with van der Waals surface area (Å²) in [7, 11) is 0. The van der Waals surface area contributed by atoms with E-state index in [1.54, 1.807) is 0 Å². The molecule has 1 aromatic carbocycles. The lowest BCUT2D eigenvalue weighted by molar-refractivity contribution is 0.224. The quantitative estimate of drug-likeness (QED) is 0.458. The molecule has 1 aliphatic rings. The Kier molecular flexibility index (Phi) is 7.40. The van der Waals surface area contributed by atoms with Gasteiger partial charge in [-0.15, -0.1) is 0 Å². The maximum absolute atomic E-state index is 5.97. The predicted molar refractivity (Wildman–Crippen MR) is 100 cm³/mol. The maximum Gasteiger partial charge on any atom is 0.193 e. The van der Waals surface area contributed by atoms with E-state index < -0.39 is 0 Å². The van der Waals surface area contributed by atoms with Gasteiger partial charge in [0.25, 0.3) is 0 Å². The number of nitrogens with zero attached hydrogens (tertiary/aromatic N) is 2. The van der Waals surface area contributed by atoms with Gasteiger partial charge in [0.15, 0.2) is 5.96 Å². The number of aryl methyl sites for hydroxylation is 2. The standard InChI is InChI=1S/C19H32N4/c1-16-13-17(2)15-18(14-16)22-19(20)21-9-5-3-6-10-23-11-7-4-8-12-23/h13-15H,3-12H2,1-2H3,(H3,20,21,22). The number of aliphatic imine (C=N–C) groups is 1. The first-order valence-electron chi connectivity index (χ1n) is 9.01. The second-order valence-corrected chi connectivity index (χ2v) is 6.73. The highest BCUT2D eigenvalue weighted by Crippen LogP contribution is 2.13. The topological polar surface area (TPSA) is 53.6 Å². The Balaban J connectivity index is 1.61. The molecule has 0 unspecified atom stereocenters. The Morgan fingerprint density at radius 2 is 1.74 bits per heavy atom. The summed E-state index contributed by atoms with van der Waals surface area (Å²) in [6.07, 6.45) is 7.80. The van der Waals surface area contributed by atoms with Gasteiger partial charge < -0.3 is 16.0 Å². The molecule has 1 fully saturated rings. The van der Waals surface area contributed by atoms with Crippen LogP contribution in [0.2, 0.25) is 0 Å². The zero-order valence-corrected chi connectivity index (χ0v) is 14.8. The zero-order chi connectivity index (χ0) is 16.5. The van der Waals surface area contributed by atoms with Crippen LogP contribution >= 0.6 is 0 Å². The molecule has 0 spiro atoms. The summed E-state index contributed by atoms with van der Waals surface area (Å²) in [6, 6.07) is 6.34. The number of benzene rings is 1. The second kappa shape index (κ2) is 9.56. The van der Waals surface area contributed by atoms with Gasteiger partial charge in [0.2, 0.25) is 0 Å². The van der Waals surface area contributed by atoms with Crippen LogP contribution in [0.15, 0.2) is 23.2 Å². The lowest BCUT2D eigenvalue weighted by Crippen LogP contribution is -2.30. The molecule has 2 rings (SSSR count). The van der Waals surface area contributed by atoms with Crippen LogP contribution in [0.1, 0.15) is 49.7 Å². The van der Waals surface area contributed by atoms with E-state index >= 15 is 0 Å². The summed E-state index contributed by atoms with van der Waals surface area (Å²) in [6.45, 7) is 8.83. The average molecular weight is 316 g/mol. The number of hydrogen-bond donors (Lipinski definition) is 2. The van der Waals surface area contributed by atoms with Crippen molar-refractivity contribution in [1.82, 2.24) is 4.90 Å². The second-order valence-electron chi connectivity index (χ2n) is 6.73. The van der Waals surface area contributed by atoms with Crippen LogP contribution in [0, 0.1) is 13.8 Å². The van der Waals surface area contributed by atoms with Gasteiger partial charge in [0.05, 0.1) is 0 Å². The molecule has 0 saturated carbocycles. The average Bonchev–Trinajstić information content (AvgIpc) is 2.50. The first-order chi connectivity index (χ1) is 11.1. The number of anilines is 1. The highest BCUT2D eigenvalue weighted by molar-refractivity contribution is 5.92. The number of piperidine rings is 1. The van der Waals surface area contributed by atoms with Crippen LogP contribution in [0.4, 0.5) is 5.69 Å². The molecule has 4 nitrogen and oxygen atoms in total. The fourth-order valence-electron chi connectivity index (χ4n) is 3.24. The van der Waals surface area contributed by atoms with E-state index in [1.807, 2.05) is 0 Å². The summed E-state index contributed by atoms with van der Waals surface area (Å²) in [5.41, 5.74) is 9.46. The first kappa shape index (κ1) is 17.8. The Morgan fingerprint density at radius 1 is 1.04 bits per heavy atom. The van der Waals surface area contributed by atoms with Gasteiger partial charge >= 0.3 is 0 Å². The Morgan fingerprint density at radius 3 is 2.43 bits per heavy atom. The van der Waals surface area contributed by atoms with Crippen LogP contribution in [0.5, 0.6) is 0 Å². The van der Waals surface area contributed by atoms with Crippen molar-refractivity contribution in [1.29, 1.82) is 0 Å². The smallest absolute Gasteiger partial charge is 0.193 e. The van der Waals surface area contributed by atoms with E-state index in [4.69, 9.17) is 5.73 Å². The molecule has 3 N–H and O–H groups in total. The van der Waals surface area contributed by atoms with E-state index in [1.165, 1.54) is 62.9 Å². The number of likely N-dealkylation sites (tertiary alicyclic amines) is 1. The van der Waals surface area contributed by atoms with Gasteiger partial charge in [0, 0.05) is 12.2 Å². The van der Waals surface area contributed by atoms with Gasteiger partial charge in [0.1, 0.15) is 0 Å². The summed E-state index contributed by atoms with van der Waals surface area (Å²) >= 11 is 0. The van der Waals surface area contributed by atoms with E-state index in [0.29, 0.717) is 5.96 Å². The van der Waals surface area contributed by atoms with E-state index in [9.17, 15) is 0 Å². The third kappa shape index (κ3) is 7.04. The van der Waals surface area contributed by atoms with Gasteiger partial charge in [-0.1, -0.05) is 18.9 Å². The molecule has 0 aromatic heterocycles. The Labute approximate surface area is 141 Å². The fraction of sp³-hybridized carbons (Fsp3) is 0.632. The molecule has 4 heteroatoms. The molecule has 128 valence electrons. The van der Waals surface area contributed by atoms with Crippen LogP contribution in [0.3, 0.4) is 0 Å². The molecule has 0 amide bonds. The number of rotatable bonds is 7. The molecule has 1 aliphatic heterocycles. The Hall–Kier alpha value is -1.55. The van der Waals surface area contributed by atoms with E-state index in [2.05, 4.69) is 47.3 Å². The predicted octanol–water partition coefficient (Wildman–Crippen LogP) is 3.69. The van der Waals surface area contributed by atoms with Crippen LogP contribution in [0.25, 0.3) is 0 Å². The van der Waals surface area contributed by atoms with Gasteiger partial charge in [-0.05, 0) is 82.4 Å². The minimum atomic E-state index is 0.519. The van der Waals surface area contributed by atoms with Gasteiger partial charge in [-0.25, -0.2) is 0 Å². The largest absolute Gasteiger partial charge is 0.370 e. The number of nitrogens with one attached hydrogen (secondary N) is 1. The SMILES string of the molecule is Cc1cc(C)cc(NC(N)=NCCCCCN2CCCCC2)c1. The molecular weight excluding hydrogens is 284 g/mol. The normalized spacial score (nSPS) is 16.5. The molecule has 1 heterocycles. The lowest BCUT2D eigenvalue weighted by atomic mass is 10.1. The molecule has 0 atom stereocenters. The molecule has 1 aromatic rings. The third-order valence-electron chi connectivity index (χ3n) is 4.36. The highest BCUT2D eigenvalue weighted by atomic mass is 15.1. The summed E-state index contributed by atoms with van der Waals surface area (Å²) in [5, 5.41) is 3.19. The molecule has 0 bridgehead atoms. The van der Waals surface area contributed by atoms with Crippen molar-refractivity contribution >= 4 is 11.6 Å². The molecule has 0 radical (unpaired) electrons. The van der Waals surface area contributed by atoms with Gasteiger partial charge in [-0.3, -0.25) is 4.99 Å². The summed E-state index contributed by atoms with van der Waals surface area (Å²) in [4.78, 5) is 7.03. The third-order valence-corrected chi connectivity index (χ3v) is 4.36. The van der Waals surface area contributed by atoms with Crippen molar-refractivity contribution in [2.45, 2.75) is 52.4 Å². The zero-order valence-electron chi connectivity index (χ0n) is 14.8. The van der Waals surface area contributed by atoms with Crippen molar-refractivity contribution < 1.29 is 0 Å². The van der Waals surface area contributed by atoms with Crippen molar-refractivity contribution in [3.05, 3.63) is 29.3 Å². The summed E-state index contributed by atoms with van der Waals surface area (Å²) in [5.74, 6) is 0.519. The Bertz CT molecular complexity index is 484. The summed E-state index contributed by atoms with van der Waals surface area (Å²) < 4.78 is 0.